The normalized spacial score (nSPS) is 26.8. The summed E-state index contributed by atoms with van der Waals surface area (Å²) in [5, 5.41) is 10.1. The Hall–Kier alpha value is -1.31. The van der Waals surface area contributed by atoms with E-state index in [1.807, 2.05) is 0 Å². The lowest BCUT2D eigenvalue weighted by Crippen LogP contribution is -2.25. The van der Waals surface area contributed by atoms with Crippen molar-refractivity contribution in [3.8, 4) is 0 Å². The van der Waals surface area contributed by atoms with Crippen LogP contribution in [0.1, 0.15) is 63.6 Å². The maximum atomic E-state index is 12.2. The zero-order valence-electron chi connectivity index (χ0n) is 15.6. The number of hydrogen-bond donors (Lipinski definition) is 1. The molecule has 128 valence electrons. The number of aryl methyl sites for hydroxylation is 2. The van der Waals surface area contributed by atoms with Crippen LogP contribution in [0.3, 0.4) is 0 Å². The molecule has 0 amide bonds. The van der Waals surface area contributed by atoms with Crippen molar-refractivity contribution in [1.29, 1.82) is 0 Å². The van der Waals surface area contributed by atoms with E-state index < -0.39 is 11.4 Å². The summed E-state index contributed by atoms with van der Waals surface area (Å²) in [5.74, 6) is 0.260. The zero-order chi connectivity index (χ0) is 17.4. The number of carboxylic acids is 1. The molecule has 0 radical (unpaired) electrons. The van der Waals surface area contributed by atoms with Crippen molar-refractivity contribution in [2.45, 2.75) is 67.2 Å². The Kier molecular flexibility index (Phi) is 4.94. The number of benzene rings is 1. The lowest BCUT2D eigenvalue weighted by molar-refractivity contribution is -0.145. The third-order valence-electron chi connectivity index (χ3n) is 6.30. The highest BCUT2D eigenvalue weighted by Crippen LogP contribution is 2.72. The first-order valence-corrected chi connectivity index (χ1v) is 8.96. The fourth-order valence-corrected chi connectivity index (χ4v) is 4.67. The Bertz CT molecular complexity index is 588. The molecule has 0 bridgehead atoms. The van der Waals surface area contributed by atoms with E-state index in [2.05, 4.69) is 59.7 Å². The van der Waals surface area contributed by atoms with Gasteiger partial charge in [-0.2, -0.15) is 0 Å². The molecule has 0 spiro atoms. The van der Waals surface area contributed by atoms with Crippen LogP contribution in [0.15, 0.2) is 18.2 Å². The fraction of sp³-hybridized carbons (Fsp3) is 0.667. The fourth-order valence-electron chi connectivity index (χ4n) is 4.67. The van der Waals surface area contributed by atoms with Gasteiger partial charge in [0.25, 0.3) is 0 Å². The third kappa shape index (κ3) is 3.05. The van der Waals surface area contributed by atoms with Crippen molar-refractivity contribution in [2.24, 2.45) is 22.7 Å². The summed E-state index contributed by atoms with van der Waals surface area (Å²) in [5.41, 5.74) is 2.91. The minimum absolute atomic E-state index is 0.127. The third-order valence-corrected chi connectivity index (χ3v) is 6.30. The minimum atomic E-state index is -0.615. The van der Waals surface area contributed by atoms with Crippen LogP contribution in [0.5, 0.6) is 0 Å². The SMILES string of the molecule is CCCC(C)CC1C(C)(C)C1(Cc1ccc(C)cc1C)C(=O)O. The van der Waals surface area contributed by atoms with E-state index in [1.54, 1.807) is 0 Å². The second-order valence-corrected chi connectivity index (χ2v) is 8.29. The maximum Gasteiger partial charge on any atom is 0.310 e. The summed E-state index contributed by atoms with van der Waals surface area (Å²) in [6.45, 7) is 12.9. The van der Waals surface area contributed by atoms with Gasteiger partial charge >= 0.3 is 5.97 Å². The highest BCUT2D eigenvalue weighted by atomic mass is 16.4. The van der Waals surface area contributed by atoms with Crippen molar-refractivity contribution in [1.82, 2.24) is 0 Å². The molecule has 1 N–H and O–H groups in total. The Morgan fingerprint density at radius 2 is 1.96 bits per heavy atom. The highest BCUT2D eigenvalue weighted by molar-refractivity contribution is 5.81. The van der Waals surface area contributed by atoms with Crippen LogP contribution in [0, 0.1) is 36.5 Å². The molecule has 0 aromatic heterocycles. The summed E-state index contributed by atoms with van der Waals surface area (Å²) in [4.78, 5) is 12.2. The lowest BCUT2D eigenvalue weighted by atomic mass is 9.86. The van der Waals surface area contributed by atoms with Crippen LogP contribution in [-0.2, 0) is 11.2 Å². The molecule has 1 aromatic carbocycles. The van der Waals surface area contributed by atoms with E-state index in [4.69, 9.17) is 0 Å². The molecule has 2 heteroatoms. The van der Waals surface area contributed by atoms with Crippen LogP contribution in [0.4, 0.5) is 0 Å². The molecule has 0 heterocycles. The van der Waals surface area contributed by atoms with E-state index in [0.717, 1.165) is 6.42 Å². The monoisotopic (exact) mass is 316 g/mol. The largest absolute Gasteiger partial charge is 0.481 e. The summed E-state index contributed by atoms with van der Waals surface area (Å²) in [6.07, 6.45) is 4.04. The van der Waals surface area contributed by atoms with Gasteiger partial charge in [0.1, 0.15) is 0 Å². The van der Waals surface area contributed by atoms with E-state index in [-0.39, 0.29) is 11.3 Å². The highest BCUT2D eigenvalue weighted by Gasteiger charge is 2.74. The van der Waals surface area contributed by atoms with Gasteiger partial charge in [-0.3, -0.25) is 4.79 Å². The van der Waals surface area contributed by atoms with Crippen molar-refractivity contribution < 1.29 is 9.90 Å². The number of carboxylic acid groups (broad SMARTS) is 1. The molecule has 0 saturated heterocycles. The lowest BCUT2D eigenvalue weighted by Gasteiger charge is -2.18. The Balaban J connectivity index is 2.28. The van der Waals surface area contributed by atoms with Crippen molar-refractivity contribution in [3.05, 3.63) is 34.9 Å². The molecule has 0 aliphatic heterocycles. The van der Waals surface area contributed by atoms with Gasteiger partial charge in [-0.25, -0.2) is 0 Å². The van der Waals surface area contributed by atoms with Gasteiger partial charge in [0, 0.05) is 0 Å². The molecule has 2 nitrogen and oxygen atoms in total. The summed E-state index contributed by atoms with van der Waals surface area (Å²) >= 11 is 0. The molecule has 1 aliphatic carbocycles. The predicted molar refractivity (Wildman–Crippen MR) is 95.6 cm³/mol. The molecule has 1 saturated carbocycles. The van der Waals surface area contributed by atoms with Crippen molar-refractivity contribution in [3.63, 3.8) is 0 Å². The summed E-state index contributed by atoms with van der Waals surface area (Å²) in [6, 6.07) is 6.38. The van der Waals surface area contributed by atoms with Gasteiger partial charge in [-0.15, -0.1) is 0 Å². The molecule has 3 atom stereocenters. The van der Waals surface area contributed by atoms with E-state index in [0.29, 0.717) is 12.3 Å². The van der Waals surface area contributed by atoms with Gasteiger partial charge in [-0.05, 0) is 55.1 Å². The first-order chi connectivity index (χ1) is 10.7. The summed E-state index contributed by atoms with van der Waals surface area (Å²) < 4.78 is 0. The topological polar surface area (TPSA) is 37.3 Å². The molecule has 1 aliphatic rings. The van der Waals surface area contributed by atoms with Crippen LogP contribution in [0.2, 0.25) is 0 Å². The zero-order valence-corrected chi connectivity index (χ0v) is 15.6. The average Bonchev–Trinajstić information content (AvgIpc) is 2.90. The van der Waals surface area contributed by atoms with Gasteiger partial charge in [0.15, 0.2) is 0 Å². The number of rotatable bonds is 7. The molecule has 23 heavy (non-hydrogen) atoms. The molecular formula is C21H32O2. The maximum absolute atomic E-state index is 12.2. The first-order valence-electron chi connectivity index (χ1n) is 8.96. The Labute approximate surface area is 141 Å². The quantitative estimate of drug-likeness (QED) is 0.731. The van der Waals surface area contributed by atoms with Crippen LogP contribution >= 0.6 is 0 Å². The number of aliphatic carboxylic acids is 1. The average molecular weight is 316 g/mol. The Morgan fingerprint density at radius 3 is 2.48 bits per heavy atom. The summed E-state index contributed by atoms with van der Waals surface area (Å²) in [7, 11) is 0. The van der Waals surface area contributed by atoms with E-state index >= 15 is 0 Å². The van der Waals surface area contributed by atoms with Crippen molar-refractivity contribution in [2.75, 3.05) is 0 Å². The number of hydrogen-bond acceptors (Lipinski definition) is 1. The standard InChI is InChI=1S/C21H32O2/c1-7-8-14(2)12-18-20(5,6)21(18,19(22)23)13-17-10-9-15(3)11-16(17)4/h9-11,14,18H,7-8,12-13H2,1-6H3,(H,22,23). The Morgan fingerprint density at radius 1 is 1.30 bits per heavy atom. The predicted octanol–water partition coefficient (Wildman–Crippen LogP) is 5.40. The van der Waals surface area contributed by atoms with Crippen LogP contribution in [-0.4, -0.2) is 11.1 Å². The second kappa shape index (κ2) is 6.30. The molecule has 3 unspecified atom stereocenters. The van der Waals surface area contributed by atoms with Gasteiger partial charge in [-0.1, -0.05) is 64.3 Å². The molecule has 2 rings (SSSR count). The first kappa shape index (κ1) is 18.0. The number of carbonyl (C=O) groups is 1. The molecule has 1 fully saturated rings. The van der Waals surface area contributed by atoms with Gasteiger partial charge in [0.05, 0.1) is 5.41 Å². The van der Waals surface area contributed by atoms with E-state index in [1.165, 1.54) is 29.5 Å². The molecular weight excluding hydrogens is 284 g/mol. The van der Waals surface area contributed by atoms with Crippen LogP contribution in [0.25, 0.3) is 0 Å². The van der Waals surface area contributed by atoms with Crippen molar-refractivity contribution >= 4 is 5.97 Å². The van der Waals surface area contributed by atoms with E-state index in [9.17, 15) is 9.90 Å². The second-order valence-electron chi connectivity index (χ2n) is 8.29. The van der Waals surface area contributed by atoms with Gasteiger partial charge < -0.3 is 5.11 Å². The molecule has 1 aromatic rings. The minimum Gasteiger partial charge on any atom is -0.481 e. The van der Waals surface area contributed by atoms with Crippen LogP contribution < -0.4 is 0 Å². The van der Waals surface area contributed by atoms with Gasteiger partial charge in [0.2, 0.25) is 0 Å². The smallest absolute Gasteiger partial charge is 0.310 e.